The zero-order valence-corrected chi connectivity index (χ0v) is 10.4. The fourth-order valence-electron chi connectivity index (χ4n) is 1.66. The van der Waals surface area contributed by atoms with Crippen LogP contribution in [0.1, 0.15) is 0 Å². The Morgan fingerprint density at radius 2 is 2.10 bits per heavy atom. The summed E-state index contributed by atoms with van der Waals surface area (Å²) in [6, 6.07) is 6.14. The first-order valence-electron chi connectivity index (χ1n) is 5.58. The minimum atomic E-state index is -4.33. The lowest BCUT2D eigenvalue weighted by atomic mass is 10.3. The normalized spacial score (nSPS) is 10.7. The standard InChI is InChI=1S/C12H7F3N6/c13-12(14,15)7-21-2-1-8-3-9(6-18-11(8)21)19-20-10(4-16)5-17/h1-3,6,19H,7H2. The van der Waals surface area contributed by atoms with Crippen molar-refractivity contribution in [1.82, 2.24) is 9.55 Å². The number of aromatic nitrogens is 2. The van der Waals surface area contributed by atoms with Crippen molar-refractivity contribution in [2.75, 3.05) is 5.43 Å². The monoisotopic (exact) mass is 292 g/mol. The van der Waals surface area contributed by atoms with E-state index in [4.69, 9.17) is 10.5 Å². The van der Waals surface area contributed by atoms with Crippen LogP contribution in [-0.4, -0.2) is 21.4 Å². The predicted molar refractivity (Wildman–Crippen MR) is 68.1 cm³/mol. The third kappa shape index (κ3) is 3.48. The Balaban J connectivity index is 2.27. The van der Waals surface area contributed by atoms with Crippen molar-refractivity contribution >= 4 is 22.4 Å². The largest absolute Gasteiger partial charge is 0.406 e. The van der Waals surface area contributed by atoms with Crippen LogP contribution in [-0.2, 0) is 6.54 Å². The molecule has 0 unspecified atom stereocenters. The van der Waals surface area contributed by atoms with Crippen LogP contribution < -0.4 is 5.43 Å². The first-order chi connectivity index (χ1) is 9.93. The molecule has 0 fully saturated rings. The van der Waals surface area contributed by atoms with Crippen molar-refractivity contribution in [3.8, 4) is 12.1 Å². The van der Waals surface area contributed by atoms with Crippen LogP contribution in [0.3, 0.4) is 0 Å². The maximum Gasteiger partial charge on any atom is 0.406 e. The molecular weight excluding hydrogens is 285 g/mol. The van der Waals surface area contributed by atoms with Gasteiger partial charge in [0.05, 0.1) is 11.9 Å². The number of hydrazone groups is 1. The molecule has 21 heavy (non-hydrogen) atoms. The average Bonchev–Trinajstić information content (AvgIpc) is 2.80. The van der Waals surface area contributed by atoms with E-state index in [1.807, 2.05) is 0 Å². The molecule has 0 saturated carbocycles. The van der Waals surface area contributed by atoms with Crippen molar-refractivity contribution < 1.29 is 13.2 Å². The van der Waals surface area contributed by atoms with Gasteiger partial charge in [-0.3, -0.25) is 5.43 Å². The molecule has 0 bridgehead atoms. The summed E-state index contributed by atoms with van der Waals surface area (Å²) in [5.74, 6) is 0. The van der Waals surface area contributed by atoms with E-state index in [1.165, 1.54) is 24.5 Å². The summed E-state index contributed by atoms with van der Waals surface area (Å²) in [6.45, 7) is -1.12. The van der Waals surface area contributed by atoms with Gasteiger partial charge in [-0.05, 0) is 12.1 Å². The highest BCUT2D eigenvalue weighted by Gasteiger charge is 2.28. The predicted octanol–water partition coefficient (Wildman–Crippen LogP) is 2.41. The highest BCUT2D eigenvalue weighted by Crippen LogP contribution is 2.23. The number of hydrogen-bond acceptors (Lipinski definition) is 5. The summed E-state index contributed by atoms with van der Waals surface area (Å²) >= 11 is 0. The van der Waals surface area contributed by atoms with Gasteiger partial charge in [0, 0.05) is 11.6 Å². The van der Waals surface area contributed by atoms with Gasteiger partial charge in [0.25, 0.3) is 0 Å². The van der Waals surface area contributed by atoms with Gasteiger partial charge in [0.15, 0.2) is 0 Å². The Kier molecular flexibility index (Phi) is 3.76. The average molecular weight is 292 g/mol. The number of fused-ring (bicyclic) bond motifs is 1. The minimum absolute atomic E-state index is 0.183. The van der Waals surface area contributed by atoms with Gasteiger partial charge in [-0.1, -0.05) is 0 Å². The van der Waals surface area contributed by atoms with E-state index in [0.717, 1.165) is 4.57 Å². The summed E-state index contributed by atoms with van der Waals surface area (Å²) in [6.07, 6.45) is -1.78. The van der Waals surface area contributed by atoms with Crippen LogP contribution in [0.4, 0.5) is 18.9 Å². The lowest BCUT2D eigenvalue weighted by Crippen LogP contribution is -2.17. The summed E-state index contributed by atoms with van der Waals surface area (Å²) in [5, 5.41) is 21.0. The summed E-state index contributed by atoms with van der Waals surface area (Å²) in [5.41, 5.74) is 2.61. The fraction of sp³-hybridized carbons (Fsp3) is 0.167. The molecule has 0 radical (unpaired) electrons. The number of hydrogen-bond donors (Lipinski definition) is 1. The highest BCUT2D eigenvalue weighted by molar-refractivity contribution is 6.10. The number of pyridine rings is 1. The van der Waals surface area contributed by atoms with E-state index in [0.29, 0.717) is 11.1 Å². The first-order valence-corrected chi connectivity index (χ1v) is 5.58. The van der Waals surface area contributed by atoms with Crippen molar-refractivity contribution in [1.29, 1.82) is 10.5 Å². The Hall–Kier alpha value is -3.07. The lowest BCUT2D eigenvalue weighted by molar-refractivity contribution is -0.139. The fourth-order valence-corrected chi connectivity index (χ4v) is 1.66. The number of nitriles is 2. The minimum Gasteiger partial charge on any atom is -0.323 e. The molecule has 0 amide bonds. The molecule has 2 aromatic rings. The SMILES string of the molecule is N#CC(C#N)=NNc1cnc2c(ccn2CC(F)(F)F)c1. The maximum atomic E-state index is 12.4. The third-order valence-electron chi connectivity index (χ3n) is 2.46. The molecule has 0 aromatic carbocycles. The molecule has 0 aliphatic heterocycles. The zero-order chi connectivity index (χ0) is 15.5. The van der Waals surface area contributed by atoms with Gasteiger partial charge in [-0.25, -0.2) is 4.98 Å². The van der Waals surface area contributed by atoms with E-state index < -0.39 is 12.7 Å². The van der Waals surface area contributed by atoms with Gasteiger partial charge in [-0.15, -0.1) is 0 Å². The van der Waals surface area contributed by atoms with Gasteiger partial charge in [0.1, 0.15) is 24.3 Å². The van der Waals surface area contributed by atoms with E-state index in [2.05, 4.69) is 15.5 Å². The number of rotatable bonds is 3. The van der Waals surface area contributed by atoms with Crippen LogP contribution in [0, 0.1) is 22.7 Å². The van der Waals surface area contributed by atoms with Crippen molar-refractivity contribution in [3.63, 3.8) is 0 Å². The second-order valence-corrected chi connectivity index (χ2v) is 3.99. The Labute approximate surface area is 116 Å². The molecule has 9 heteroatoms. The highest BCUT2D eigenvalue weighted by atomic mass is 19.4. The Bertz CT molecular complexity index is 759. The van der Waals surface area contributed by atoms with E-state index >= 15 is 0 Å². The molecule has 2 rings (SSSR count). The number of nitrogens with one attached hydrogen (secondary N) is 1. The number of halogens is 3. The van der Waals surface area contributed by atoms with Crippen LogP contribution in [0.5, 0.6) is 0 Å². The van der Waals surface area contributed by atoms with Crippen LogP contribution in [0.2, 0.25) is 0 Å². The molecule has 6 nitrogen and oxygen atoms in total. The lowest BCUT2D eigenvalue weighted by Gasteiger charge is -2.08. The van der Waals surface area contributed by atoms with Gasteiger partial charge >= 0.3 is 6.18 Å². The smallest absolute Gasteiger partial charge is 0.323 e. The van der Waals surface area contributed by atoms with Crippen LogP contribution in [0.25, 0.3) is 11.0 Å². The zero-order valence-electron chi connectivity index (χ0n) is 10.4. The molecule has 0 saturated heterocycles. The quantitative estimate of drug-likeness (QED) is 0.694. The summed E-state index contributed by atoms with van der Waals surface area (Å²) < 4.78 is 38.1. The van der Waals surface area contributed by atoms with E-state index in [9.17, 15) is 13.2 Å². The molecule has 2 aromatic heterocycles. The first kappa shape index (κ1) is 14.3. The Morgan fingerprint density at radius 3 is 2.71 bits per heavy atom. The van der Waals surface area contributed by atoms with Crippen LogP contribution >= 0.6 is 0 Å². The van der Waals surface area contributed by atoms with Crippen molar-refractivity contribution in [2.45, 2.75) is 12.7 Å². The molecule has 0 aliphatic rings. The number of nitrogens with zero attached hydrogens (tertiary/aromatic N) is 5. The molecule has 0 aliphatic carbocycles. The van der Waals surface area contributed by atoms with E-state index in [-0.39, 0.29) is 11.4 Å². The summed E-state index contributed by atoms with van der Waals surface area (Å²) in [4.78, 5) is 3.92. The van der Waals surface area contributed by atoms with Crippen LogP contribution in [0.15, 0.2) is 29.6 Å². The van der Waals surface area contributed by atoms with E-state index in [1.54, 1.807) is 12.1 Å². The number of alkyl halides is 3. The van der Waals surface area contributed by atoms with Crippen molar-refractivity contribution in [3.05, 3.63) is 24.5 Å². The topological polar surface area (TPSA) is 89.8 Å². The third-order valence-corrected chi connectivity index (χ3v) is 2.46. The second-order valence-electron chi connectivity index (χ2n) is 3.99. The maximum absolute atomic E-state index is 12.4. The van der Waals surface area contributed by atoms with Gasteiger partial charge in [0.2, 0.25) is 5.71 Å². The van der Waals surface area contributed by atoms with Gasteiger partial charge < -0.3 is 4.57 Å². The molecule has 106 valence electrons. The summed E-state index contributed by atoms with van der Waals surface area (Å²) in [7, 11) is 0. The Morgan fingerprint density at radius 1 is 1.38 bits per heavy atom. The molecule has 1 N–H and O–H groups in total. The number of anilines is 1. The van der Waals surface area contributed by atoms with Gasteiger partial charge in [-0.2, -0.15) is 28.8 Å². The van der Waals surface area contributed by atoms with Crippen molar-refractivity contribution in [2.24, 2.45) is 5.10 Å². The molecule has 2 heterocycles. The molecule has 0 spiro atoms. The molecule has 0 atom stereocenters. The molecular formula is C12H7F3N6. The second kappa shape index (κ2) is 5.51.